The van der Waals surface area contributed by atoms with Gasteiger partial charge in [0.25, 0.3) is 11.8 Å². The van der Waals surface area contributed by atoms with Gasteiger partial charge in [-0.1, -0.05) is 50.3 Å². The van der Waals surface area contributed by atoms with E-state index in [0.29, 0.717) is 32.0 Å². The van der Waals surface area contributed by atoms with E-state index in [1.165, 1.54) is 41.9 Å². The fourth-order valence-electron chi connectivity index (χ4n) is 7.48. The molecular weight excluding hydrogens is 576 g/mol. The molecule has 44 heavy (non-hydrogen) atoms. The molecule has 0 radical (unpaired) electrons. The van der Waals surface area contributed by atoms with Crippen molar-refractivity contribution in [3.05, 3.63) is 70.7 Å². The van der Waals surface area contributed by atoms with Gasteiger partial charge >= 0.3 is 10.2 Å². The summed E-state index contributed by atoms with van der Waals surface area (Å²) in [4.78, 5) is 29.3. The van der Waals surface area contributed by atoms with Crippen LogP contribution in [0.2, 0.25) is 0 Å². The van der Waals surface area contributed by atoms with Crippen LogP contribution in [0.1, 0.15) is 91.2 Å². The number of rotatable bonds is 2. The maximum Gasteiger partial charge on any atom is 0.303 e. The number of fused-ring (bicyclic) bond motifs is 4. The minimum atomic E-state index is -3.99. The Morgan fingerprint density at radius 1 is 0.932 bits per heavy atom. The standard InChI is InChI=1S/C34H44N4O5S/c1-36-17-9-4-5-10-18-37(2)44(41,42)35-33(39)24-13-15-29-30(21-24)38-22-26(34(36)40)19-25-20-27(43-3)14-16-28(25)32(38)31(29)23-11-7-6-8-12-23/h13-16,19-21,23,25,28H,4-12,17-18,22H2,1-3H3,(H,35,39). The third-order valence-electron chi connectivity index (χ3n) is 9.90. The van der Waals surface area contributed by atoms with E-state index in [1.807, 2.05) is 30.2 Å². The summed E-state index contributed by atoms with van der Waals surface area (Å²) in [6.07, 6.45) is 17.4. The first-order valence-corrected chi connectivity index (χ1v) is 17.5. The Balaban J connectivity index is 1.55. The summed E-state index contributed by atoms with van der Waals surface area (Å²) in [5.41, 5.74) is 4.34. The van der Waals surface area contributed by atoms with E-state index in [1.54, 1.807) is 13.2 Å². The van der Waals surface area contributed by atoms with E-state index in [4.69, 9.17) is 4.74 Å². The highest BCUT2D eigenvalue weighted by Gasteiger charge is 2.36. The predicted molar refractivity (Wildman–Crippen MR) is 171 cm³/mol. The van der Waals surface area contributed by atoms with Gasteiger partial charge in [0.05, 0.1) is 13.7 Å². The molecule has 1 aromatic heterocycles. The zero-order chi connectivity index (χ0) is 31.0. The summed E-state index contributed by atoms with van der Waals surface area (Å²) in [7, 11) is 1.05. The van der Waals surface area contributed by atoms with Crippen molar-refractivity contribution in [2.75, 3.05) is 34.3 Å². The number of allylic oxidation sites excluding steroid dienone is 4. The molecule has 6 rings (SSSR count). The first-order valence-electron chi connectivity index (χ1n) is 16.0. The maximum absolute atomic E-state index is 14.0. The number of carbonyl (C=O) groups excluding carboxylic acids is 2. The van der Waals surface area contributed by atoms with Crippen molar-refractivity contribution in [3.8, 4) is 0 Å². The third-order valence-corrected chi connectivity index (χ3v) is 11.4. The molecule has 2 atom stereocenters. The molecule has 10 heteroatoms. The van der Waals surface area contributed by atoms with Gasteiger partial charge in [-0.2, -0.15) is 12.7 Å². The molecular formula is C34H44N4O5S. The van der Waals surface area contributed by atoms with Crippen molar-refractivity contribution in [1.29, 1.82) is 0 Å². The Morgan fingerprint density at radius 3 is 2.41 bits per heavy atom. The van der Waals surface area contributed by atoms with Crippen molar-refractivity contribution in [3.63, 3.8) is 0 Å². The fraction of sp³-hybridized carbons (Fsp3) is 0.529. The summed E-state index contributed by atoms with van der Waals surface area (Å²) >= 11 is 0. The summed E-state index contributed by atoms with van der Waals surface area (Å²) in [6, 6.07) is 5.54. The normalized spacial score (nSPS) is 25.6. The van der Waals surface area contributed by atoms with Crippen LogP contribution < -0.4 is 4.72 Å². The van der Waals surface area contributed by atoms with Crippen LogP contribution in [-0.4, -0.2) is 68.3 Å². The predicted octanol–water partition coefficient (Wildman–Crippen LogP) is 5.37. The number of hydrogen-bond acceptors (Lipinski definition) is 5. The molecule has 1 N–H and O–H groups in total. The largest absolute Gasteiger partial charge is 0.497 e. The van der Waals surface area contributed by atoms with Gasteiger partial charge in [0.2, 0.25) is 0 Å². The number of methoxy groups -OCH3 is 1. The van der Waals surface area contributed by atoms with Crippen LogP contribution in [-0.2, 0) is 26.3 Å². The number of amides is 2. The highest BCUT2D eigenvalue weighted by atomic mass is 32.2. The zero-order valence-corrected chi connectivity index (χ0v) is 26.9. The average Bonchev–Trinajstić information content (AvgIpc) is 3.23. The third kappa shape index (κ3) is 5.86. The van der Waals surface area contributed by atoms with E-state index in [9.17, 15) is 18.0 Å². The Hall–Kier alpha value is -3.37. The minimum absolute atomic E-state index is 0.00533. The molecule has 2 aliphatic heterocycles. The van der Waals surface area contributed by atoms with Gasteiger partial charge in [-0.05, 0) is 61.4 Å². The maximum atomic E-state index is 14.0. The lowest BCUT2D eigenvalue weighted by Gasteiger charge is -2.28. The smallest absolute Gasteiger partial charge is 0.303 e. The lowest BCUT2D eigenvalue weighted by molar-refractivity contribution is -0.126. The lowest BCUT2D eigenvalue weighted by atomic mass is 9.77. The molecule has 3 heterocycles. The quantitative estimate of drug-likeness (QED) is 0.487. The van der Waals surface area contributed by atoms with Crippen LogP contribution in [0, 0.1) is 5.92 Å². The van der Waals surface area contributed by atoms with Crippen molar-refractivity contribution in [1.82, 2.24) is 18.5 Å². The second-order valence-electron chi connectivity index (χ2n) is 12.8. The highest BCUT2D eigenvalue weighted by Crippen LogP contribution is 2.48. The fourth-order valence-corrected chi connectivity index (χ4v) is 8.35. The molecule has 1 aromatic carbocycles. The SMILES string of the molecule is COC1=CC2C=C3Cn4c(c(C5CCCCC5)c5ccc(cc54)C(=O)NS(=O)(=O)N(C)CCCCCCN(C)C3=O)C2C=C1. The lowest BCUT2D eigenvalue weighted by Crippen LogP contribution is -2.41. The van der Waals surface area contributed by atoms with Gasteiger partial charge in [-0.15, -0.1) is 0 Å². The van der Waals surface area contributed by atoms with Crippen LogP contribution in [0.5, 0.6) is 0 Å². The van der Waals surface area contributed by atoms with E-state index in [2.05, 4.69) is 27.5 Å². The molecule has 4 bridgehead atoms. The number of likely N-dealkylation sites (N-methyl/N-ethyl adjacent to an activating group) is 1. The molecule has 2 aromatic rings. The number of aromatic nitrogens is 1. The van der Waals surface area contributed by atoms with E-state index < -0.39 is 16.1 Å². The molecule has 2 unspecified atom stereocenters. The Labute approximate surface area is 260 Å². The molecule has 9 nitrogen and oxygen atoms in total. The summed E-state index contributed by atoms with van der Waals surface area (Å²) in [5.74, 6) is 0.446. The Morgan fingerprint density at radius 2 is 1.66 bits per heavy atom. The monoisotopic (exact) mass is 620 g/mol. The van der Waals surface area contributed by atoms with Crippen molar-refractivity contribution < 1.29 is 22.7 Å². The number of ether oxygens (including phenoxy) is 1. The van der Waals surface area contributed by atoms with Crippen LogP contribution in [0.15, 0.2) is 53.8 Å². The van der Waals surface area contributed by atoms with Gasteiger partial charge in [-0.3, -0.25) is 9.59 Å². The van der Waals surface area contributed by atoms with E-state index in [-0.39, 0.29) is 23.3 Å². The first kappa shape index (κ1) is 30.6. The summed E-state index contributed by atoms with van der Waals surface area (Å²) in [6.45, 7) is 1.32. The van der Waals surface area contributed by atoms with Crippen molar-refractivity contribution in [2.45, 2.75) is 76.2 Å². The van der Waals surface area contributed by atoms with Gasteiger partial charge in [0.1, 0.15) is 5.76 Å². The number of nitrogens with zero attached hydrogens (tertiary/aromatic N) is 3. The molecule has 1 saturated carbocycles. The molecule has 2 amide bonds. The number of nitrogens with one attached hydrogen (secondary N) is 1. The number of carbonyl (C=O) groups is 2. The summed E-state index contributed by atoms with van der Waals surface area (Å²) < 4.78 is 37.4. The molecule has 2 aliphatic carbocycles. The topological polar surface area (TPSA) is 101 Å². The second-order valence-corrected chi connectivity index (χ2v) is 14.6. The van der Waals surface area contributed by atoms with Crippen molar-refractivity contribution in [2.24, 2.45) is 5.92 Å². The first-order chi connectivity index (χ1) is 21.2. The Bertz CT molecular complexity index is 1650. The highest BCUT2D eigenvalue weighted by molar-refractivity contribution is 7.87. The van der Waals surface area contributed by atoms with Crippen LogP contribution in [0.3, 0.4) is 0 Å². The van der Waals surface area contributed by atoms with E-state index in [0.717, 1.165) is 54.3 Å². The summed E-state index contributed by atoms with van der Waals surface area (Å²) in [5, 5.41) is 1.08. The number of hydrogen-bond donors (Lipinski definition) is 1. The van der Waals surface area contributed by atoms with Crippen molar-refractivity contribution >= 4 is 32.9 Å². The van der Waals surface area contributed by atoms with Crippen LogP contribution >= 0.6 is 0 Å². The van der Waals surface area contributed by atoms with E-state index >= 15 is 0 Å². The van der Waals surface area contributed by atoms with Gasteiger partial charge in [-0.25, -0.2) is 4.72 Å². The van der Waals surface area contributed by atoms with Gasteiger partial charge in [0.15, 0.2) is 0 Å². The Kier molecular flexibility index (Phi) is 8.75. The molecule has 0 saturated heterocycles. The molecule has 4 aliphatic rings. The average molecular weight is 621 g/mol. The zero-order valence-electron chi connectivity index (χ0n) is 26.0. The number of benzene rings is 1. The minimum Gasteiger partial charge on any atom is -0.497 e. The molecule has 236 valence electrons. The van der Waals surface area contributed by atoms with Gasteiger partial charge < -0.3 is 14.2 Å². The van der Waals surface area contributed by atoms with Crippen LogP contribution in [0.25, 0.3) is 10.9 Å². The second kappa shape index (κ2) is 12.6. The van der Waals surface area contributed by atoms with Crippen LogP contribution in [0.4, 0.5) is 0 Å². The molecule has 1 fully saturated rings. The van der Waals surface area contributed by atoms with Gasteiger partial charge in [0, 0.05) is 66.8 Å². The molecule has 0 spiro atoms.